The molecule has 2 nitrogen and oxygen atoms in total. The first-order valence-corrected chi connectivity index (χ1v) is 17.4. The molecule has 0 atom stereocenters. The second kappa shape index (κ2) is 11.2. The molecule has 0 aliphatic heterocycles. The fraction of sp³-hybridized carbons (Fsp3) is 0. The summed E-state index contributed by atoms with van der Waals surface area (Å²) in [5, 5.41) is 7.30. The normalized spacial score (nSPS) is 11.7. The lowest BCUT2D eigenvalue weighted by Gasteiger charge is -2.26. The monoisotopic (exact) mass is 643 g/mol. The molecule has 49 heavy (non-hydrogen) atoms. The molecule has 0 saturated carbocycles. The fourth-order valence-electron chi connectivity index (χ4n) is 7.22. The van der Waals surface area contributed by atoms with Crippen molar-refractivity contribution in [1.82, 2.24) is 0 Å². The van der Waals surface area contributed by atoms with Crippen LogP contribution in [0.1, 0.15) is 0 Å². The van der Waals surface area contributed by atoms with Gasteiger partial charge in [0, 0.05) is 42.3 Å². The van der Waals surface area contributed by atoms with Crippen molar-refractivity contribution in [3.8, 4) is 22.3 Å². The molecule has 0 amide bonds. The maximum absolute atomic E-state index is 6.80. The van der Waals surface area contributed by atoms with Crippen molar-refractivity contribution < 1.29 is 4.42 Å². The lowest BCUT2D eigenvalue weighted by molar-refractivity contribution is 0.669. The third-order valence-electron chi connectivity index (χ3n) is 9.65. The number of fused-ring (bicyclic) bond motifs is 7. The Balaban J connectivity index is 1.15. The molecule has 10 aromatic rings. The number of anilines is 3. The van der Waals surface area contributed by atoms with Crippen LogP contribution in [-0.4, -0.2) is 0 Å². The predicted octanol–water partition coefficient (Wildman–Crippen LogP) is 13.9. The number of nitrogens with zero attached hydrogens (tertiary/aromatic N) is 1. The number of hydrogen-bond acceptors (Lipinski definition) is 3. The van der Waals surface area contributed by atoms with Gasteiger partial charge in [0.25, 0.3) is 0 Å². The van der Waals surface area contributed by atoms with E-state index in [9.17, 15) is 0 Å². The van der Waals surface area contributed by atoms with Crippen LogP contribution in [0.15, 0.2) is 180 Å². The van der Waals surface area contributed by atoms with Gasteiger partial charge in [0.05, 0.1) is 5.69 Å². The molecule has 10 rings (SSSR count). The van der Waals surface area contributed by atoms with Crippen molar-refractivity contribution in [2.75, 3.05) is 4.90 Å². The smallest absolute Gasteiger partial charge is 0.159 e. The molecule has 0 fully saturated rings. The van der Waals surface area contributed by atoms with Gasteiger partial charge in [-0.3, -0.25) is 0 Å². The minimum Gasteiger partial charge on any atom is -0.454 e. The van der Waals surface area contributed by atoms with Gasteiger partial charge < -0.3 is 9.32 Å². The van der Waals surface area contributed by atoms with Crippen LogP contribution in [0.5, 0.6) is 0 Å². The summed E-state index contributed by atoms with van der Waals surface area (Å²) in [6, 6.07) is 63.2. The van der Waals surface area contributed by atoms with Crippen LogP contribution in [0.4, 0.5) is 17.1 Å². The molecule has 0 N–H and O–H groups in total. The molecule has 0 bridgehead atoms. The molecule has 0 radical (unpaired) electrons. The molecule has 0 aliphatic carbocycles. The van der Waals surface area contributed by atoms with E-state index in [4.69, 9.17) is 4.42 Å². The lowest BCUT2D eigenvalue weighted by atomic mass is 10.0. The molecule has 2 aromatic heterocycles. The van der Waals surface area contributed by atoms with Gasteiger partial charge in [-0.1, -0.05) is 121 Å². The summed E-state index contributed by atoms with van der Waals surface area (Å²) in [5.74, 6) is 0. The van der Waals surface area contributed by atoms with Gasteiger partial charge in [0.15, 0.2) is 5.58 Å². The standard InChI is InChI=1S/C46H29NOS/c1-2-9-30(10-3-1)35-21-25-38-41-14-8-15-42(46(41)48-43(38)28-35)47(37-24-26-40-39-13-6-7-16-44(39)49-45(40)29-37)36-22-19-32(20-23-36)34-18-17-31-11-4-5-12-33(31)27-34/h1-29H. The van der Waals surface area contributed by atoms with Gasteiger partial charge in [0.2, 0.25) is 0 Å². The van der Waals surface area contributed by atoms with E-state index in [2.05, 4.69) is 181 Å². The van der Waals surface area contributed by atoms with E-state index in [1.807, 2.05) is 11.3 Å². The zero-order chi connectivity index (χ0) is 32.3. The van der Waals surface area contributed by atoms with E-state index in [0.29, 0.717) is 0 Å². The number of hydrogen-bond donors (Lipinski definition) is 0. The summed E-state index contributed by atoms with van der Waals surface area (Å²) in [7, 11) is 0. The average Bonchev–Trinajstić information content (AvgIpc) is 3.73. The first-order chi connectivity index (χ1) is 24.3. The van der Waals surface area contributed by atoms with Crippen molar-refractivity contribution in [1.29, 1.82) is 0 Å². The first kappa shape index (κ1) is 27.9. The lowest BCUT2D eigenvalue weighted by Crippen LogP contribution is -2.10. The Hall–Kier alpha value is -6.16. The minimum atomic E-state index is 0.873. The summed E-state index contributed by atoms with van der Waals surface area (Å²) in [5.41, 5.74) is 9.64. The Morgan fingerprint density at radius 1 is 0.388 bits per heavy atom. The average molecular weight is 644 g/mol. The molecule has 0 aliphatic rings. The minimum absolute atomic E-state index is 0.873. The maximum Gasteiger partial charge on any atom is 0.159 e. The van der Waals surface area contributed by atoms with Gasteiger partial charge >= 0.3 is 0 Å². The third kappa shape index (κ3) is 4.70. The largest absolute Gasteiger partial charge is 0.454 e. The van der Waals surface area contributed by atoms with E-state index in [-0.39, 0.29) is 0 Å². The SMILES string of the molecule is c1ccc(-c2ccc3c(c2)oc2c(N(c4ccc(-c5ccc6ccccc6c5)cc4)c4ccc5c(c4)sc4ccccc45)cccc23)cc1. The summed E-state index contributed by atoms with van der Waals surface area (Å²) < 4.78 is 9.37. The second-order valence-corrected chi connectivity index (χ2v) is 13.6. The summed E-state index contributed by atoms with van der Waals surface area (Å²) in [4.78, 5) is 2.34. The summed E-state index contributed by atoms with van der Waals surface area (Å²) >= 11 is 1.84. The predicted molar refractivity (Wildman–Crippen MR) is 210 cm³/mol. The highest BCUT2D eigenvalue weighted by molar-refractivity contribution is 7.25. The third-order valence-corrected chi connectivity index (χ3v) is 10.8. The Labute approximate surface area is 287 Å². The van der Waals surface area contributed by atoms with E-state index < -0.39 is 0 Å². The fourth-order valence-corrected chi connectivity index (χ4v) is 8.36. The topological polar surface area (TPSA) is 16.4 Å². The van der Waals surface area contributed by atoms with Gasteiger partial charge in [0.1, 0.15) is 5.58 Å². The number of para-hydroxylation sites is 1. The Morgan fingerprint density at radius 2 is 1.04 bits per heavy atom. The van der Waals surface area contributed by atoms with Gasteiger partial charge in [-0.25, -0.2) is 0 Å². The Bertz CT molecular complexity index is 2830. The van der Waals surface area contributed by atoms with Gasteiger partial charge in [-0.2, -0.15) is 0 Å². The Kier molecular flexibility index (Phi) is 6.39. The zero-order valence-corrected chi connectivity index (χ0v) is 27.3. The molecule has 3 heteroatoms. The van der Waals surface area contributed by atoms with Crippen molar-refractivity contribution in [3.63, 3.8) is 0 Å². The van der Waals surface area contributed by atoms with Crippen LogP contribution in [0.25, 0.3) is 75.1 Å². The zero-order valence-electron chi connectivity index (χ0n) is 26.5. The van der Waals surface area contributed by atoms with Crippen LogP contribution in [-0.2, 0) is 0 Å². The first-order valence-electron chi connectivity index (χ1n) is 16.6. The van der Waals surface area contributed by atoms with Crippen molar-refractivity contribution in [3.05, 3.63) is 176 Å². The molecule has 8 aromatic carbocycles. The molecule has 230 valence electrons. The number of rotatable bonds is 5. The highest BCUT2D eigenvalue weighted by Crippen LogP contribution is 2.45. The second-order valence-electron chi connectivity index (χ2n) is 12.6. The number of benzene rings is 8. The highest BCUT2D eigenvalue weighted by Gasteiger charge is 2.21. The molecule has 0 saturated heterocycles. The molecular weight excluding hydrogens is 615 g/mol. The van der Waals surface area contributed by atoms with Gasteiger partial charge in [-0.05, 0) is 87.6 Å². The number of thiophene rings is 1. The van der Waals surface area contributed by atoms with E-state index >= 15 is 0 Å². The van der Waals surface area contributed by atoms with E-state index in [1.165, 1.54) is 47.6 Å². The number of furan rings is 1. The van der Waals surface area contributed by atoms with Crippen LogP contribution in [0.2, 0.25) is 0 Å². The molecule has 2 heterocycles. The highest BCUT2D eigenvalue weighted by atomic mass is 32.1. The Morgan fingerprint density at radius 3 is 1.94 bits per heavy atom. The summed E-state index contributed by atoms with van der Waals surface area (Å²) in [6.45, 7) is 0. The van der Waals surface area contributed by atoms with Crippen molar-refractivity contribution in [2.24, 2.45) is 0 Å². The van der Waals surface area contributed by atoms with E-state index in [0.717, 1.165) is 44.6 Å². The van der Waals surface area contributed by atoms with E-state index in [1.54, 1.807) is 0 Å². The van der Waals surface area contributed by atoms with Crippen molar-refractivity contribution >= 4 is 81.3 Å². The quantitative estimate of drug-likeness (QED) is 0.186. The maximum atomic E-state index is 6.80. The molecule has 0 unspecified atom stereocenters. The van der Waals surface area contributed by atoms with Gasteiger partial charge in [-0.15, -0.1) is 11.3 Å². The van der Waals surface area contributed by atoms with Crippen molar-refractivity contribution in [2.45, 2.75) is 0 Å². The van der Waals surface area contributed by atoms with Crippen LogP contribution < -0.4 is 4.90 Å². The molecule has 0 spiro atoms. The van der Waals surface area contributed by atoms with Crippen LogP contribution in [0.3, 0.4) is 0 Å². The van der Waals surface area contributed by atoms with Crippen LogP contribution >= 0.6 is 11.3 Å². The summed E-state index contributed by atoms with van der Waals surface area (Å²) in [6.07, 6.45) is 0. The van der Waals surface area contributed by atoms with Crippen LogP contribution in [0, 0.1) is 0 Å². The molecular formula is C46H29NOS.